The van der Waals surface area contributed by atoms with Gasteiger partial charge in [-0.1, -0.05) is 0 Å². The van der Waals surface area contributed by atoms with Crippen molar-refractivity contribution < 1.29 is 28.6 Å². The Morgan fingerprint density at radius 1 is 0.920 bits per heavy atom. The molecule has 0 aliphatic heterocycles. The molecule has 0 saturated heterocycles. The Morgan fingerprint density at radius 2 is 1.40 bits per heavy atom. The van der Waals surface area contributed by atoms with Crippen LogP contribution in [0.4, 0.5) is 4.79 Å². The monoisotopic (exact) mass is 362 g/mol. The third-order valence-electron chi connectivity index (χ3n) is 2.96. The van der Waals surface area contributed by atoms with E-state index >= 15 is 0 Å². The maximum Gasteiger partial charge on any atom is 0.407 e. The van der Waals surface area contributed by atoms with Crippen molar-refractivity contribution in [1.29, 1.82) is 0 Å². The maximum atomic E-state index is 11.7. The van der Waals surface area contributed by atoms with Crippen molar-refractivity contribution in [3.05, 3.63) is 0 Å². The summed E-state index contributed by atoms with van der Waals surface area (Å²) in [6.45, 7) is 10.5. The fourth-order valence-electron chi connectivity index (χ4n) is 1.44. The van der Waals surface area contributed by atoms with Crippen LogP contribution >= 0.6 is 0 Å². The van der Waals surface area contributed by atoms with E-state index < -0.39 is 17.3 Å². The van der Waals surface area contributed by atoms with Crippen molar-refractivity contribution >= 4 is 18.5 Å². The first-order valence-corrected chi connectivity index (χ1v) is 8.27. The van der Waals surface area contributed by atoms with Crippen LogP contribution in [0.2, 0.25) is 0 Å². The third-order valence-corrected chi connectivity index (χ3v) is 2.96. The smallest absolute Gasteiger partial charge is 0.407 e. The van der Waals surface area contributed by atoms with Crippen molar-refractivity contribution in [2.45, 2.75) is 65.1 Å². The van der Waals surface area contributed by atoms with E-state index in [1.165, 1.54) is 14.2 Å². The SMILES string of the molecule is COC(C)(C)C(=O)NCCCCCNC(=O)OC(C)(C)C.COC=O. The highest BCUT2D eigenvalue weighted by molar-refractivity contribution is 5.84. The second kappa shape index (κ2) is 13.5. The van der Waals surface area contributed by atoms with Gasteiger partial charge in [0.25, 0.3) is 12.4 Å². The minimum atomic E-state index is -0.793. The lowest BCUT2D eigenvalue weighted by molar-refractivity contribution is -0.139. The molecular formula is C17H34N2O6. The van der Waals surface area contributed by atoms with Crippen molar-refractivity contribution in [3.63, 3.8) is 0 Å². The molecule has 25 heavy (non-hydrogen) atoms. The van der Waals surface area contributed by atoms with Crippen molar-refractivity contribution in [2.24, 2.45) is 0 Å². The number of rotatable bonds is 9. The van der Waals surface area contributed by atoms with Crippen LogP contribution in [0.5, 0.6) is 0 Å². The number of methoxy groups -OCH3 is 2. The lowest BCUT2D eigenvalue weighted by atomic mass is 10.1. The van der Waals surface area contributed by atoms with Crippen LogP contribution in [0, 0.1) is 0 Å². The molecule has 0 aromatic carbocycles. The van der Waals surface area contributed by atoms with Gasteiger partial charge in [-0.15, -0.1) is 0 Å². The molecular weight excluding hydrogens is 328 g/mol. The average molecular weight is 362 g/mol. The molecule has 0 heterocycles. The Kier molecular flexibility index (Phi) is 13.7. The van der Waals surface area contributed by atoms with E-state index in [0.29, 0.717) is 19.6 Å². The lowest BCUT2D eigenvalue weighted by Gasteiger charge is -2.21. The minimum Gasteiger partial charge on any atom is -0.471 e. The number of alkyl carbamates (subject to hydrolysis) is 1. The molecule has 0 atom stereocenters. The quantitative estimate of drug-likeness (QED) is 0.480. The zero-order chi connectivity index (χ0) is 19.9. The highest BCUT2D eigenvalue weighted by Gasteiger charge is 2.26. The van der Waals surface area contributed by atoms with Crippen LogP contribution in [-0.2, 0) is 23.8 Å². The molecule has 0 radical (unpaired) electrons. The molecule has 0 aliphatic carbocycles. The van der Waals surface area contributed by atoms with Crippen LogP contribution in [-0.4, -0.2) is 57.0 Å². The van der Waals surface area contributed by atoms with Gasteiger partial charge in [-0.3, -0.25) is 9.59 Å². The average Bonchev–Trinajstić information content (AvgIpc) is 2.52. The standard InChI is InChI=1S/C15H30N2O4.C2H4O2/c1-14(2,3)21-13(19)17-11-9-7-8-10-16-12(18)15(4,5)20-6;1-4-2-3/h7-11H2,1-6H3,(H,16,18)(H,17,19);2H,1H3. The number of nitrogens with one attached hydrogen (secondary N) is 2. The zero-order valence-electron chi connectivity index (χ0n) is 16.6. The zero-order valence-corrected chi connectivity index (χ0v) is 16.6. The topological polar surface area (TPSA) is 103 Å². The molecule has 8 heteroatoms. The van der Waals surface area contributed by atoms with Crippen LogP contribution < -0.4 is 10.6 Å². The van der Waals surface area contributed by atoms with Crippen LogP contribution in [0.3, 0.4) is 0 Å². The molecule has 0 unspecified atom stereocenters. The van der Waals surface area contributed by atoms with Crippen LogP contribution in [0.1, 0.15) is 53.9 Å². The summed E-state index contributed by atoms with van der Waals surface area (Å²) in [5, 5.41) is 5.53. The van der Waals surface area contributed by atoms with Crippen LogP contribution in [0.15, 0.2) is 0 Å². The van der Waals surface area contributed by atoms with Crippen LogP contribution in [0.25, 0.3) is 0 Å². The maximum absolute atomic E-state index is 11.7. The first-order chi connectivity index (χ1) is 11.5. The molecule has 0 saturated carbocycles. The highest BCUT2D eigenvalue weighted by atomic mass is 16.6. The molecule has 8 nitrogen and oxygen atoms in total. The Morgan fingerprint density at radius 3 is 1.80 bits per heavy atom. The van der Waals surface area contributed by atoms with E-state index in [1.807, 2.05) is 20.8 Å². The minimum absolute atomic E-state index is 0.114. The Balaban J connectivity index is 0. The van der Waals surface area contributed by atoms with Gasteiger partial charge in [0, 0.05) is 20.2 Å². The number of carbonyl (C=O) groups is 3. The van der Waals surface area contributed by atoms with Crippen molar-refractivity contribution in [3.8, 4) is 0 Å². The van der Waals surface area contributed by atoms with E-state index in [4.69, 9.17) is 14.3 Å². The van der Waals surface area contributed by atoms with E-state index in [0.717, 1.165) is 19.3 Å². The highest BCUT2D eigenvalue weighted by Crippen LogP contribution is 2.07. The molecule has 0 aliphatic rings. The summed E-state index contributed by atoms with van der Waals surface area (Å²) in [6, 6.07) is 0. The molecule has 148 valence electrons. The van der Waals surface area contributed by atoms with Crippen molar-refractivity contribution in [2.75, 3.05) is 27.3 Å². The van der Waals surface area contributed by atoms with E-state index in [1.54, 1.807) is 13.8 Å². The van der Waals surface area contributed by atoms with Gasteiger partial charge < -0.3 is 24.8 Å². The predicted octanol–water partition coefficient (Wildman–Crippen LogP) is 2.01. The van der Waals surface area contributed by atoms with E-state index in [2.05, 4.69) is 15.4 Å². The summed E-state index contributed by atoms with van der Waals surface area (Å²) in [5.74, 6) is -0.114. The van der Waals surface area contributed by atoms with Gasteiger partial charge in [-0.25, -0.2) is 4.79 Å². The summed E-state index contributed by atoms with van der Waals surface area (Å²) >= 11 is 0. The first kappa shape index (κ1) is 25.4. The normalized spacial score (nSPS) is 10.8. The van der Waals surface area contributed by atoms with Gasteiger partial charge in [-0.05, 0) is 53.9 Å². The number of amides is 2. The third kappa shape index (κ3) is 16.8. The van der Waals surface area contributed by atoms with Gasteiger partial charge in [0.1, 0.15) is 11.2 Å². The Hall–Kier alpha value is -1.83. The summed E-state index contributed by atoms with van der Waals surface area (Å²) in [7, 11) is 2.83. The molecule has 0 rings (SSSR count). The largest absolute Gasteiger partial charge is 0.471 e. The van der Waals surface area contributed by atoms with E-state index in [9.17, 15) is 9.59 Å². The number of ether oxygens (including phenoxy) is 3. The molecule has 0 aromatic rings. The lowest BCUT2D eigenvalue weighted by Crippen LogP contribution is -2.43. The Bertz CT molecular complexity index is 391. The van der Waals surface area contributed by atoms with Gasteiger partial charge in [-0.2, -0.15) is 0 Å². The van der Waals surface area contributed by atoms with Gasteiger partial charge in [0.15, 0.2) is 0 Å². The summed E-state index contributed by atoms with van der Waals surface area (Å²) in [5.41, 5.74) is -1.26. The summed E-state index contributed by atoms with van der Waals surface area (Å²) < 4.78 is 14.1. The number of hydrogen-bond acceptors (Lipinski definition) is 6. The molecule has 2 amide bonds. The van der Waals surface area contributed by atoms with E-state index in [-0.39, 0.29) is 5.91 Å². The second-order valence-electron chi connectivity index (χ2n) is 6.79. The fourth-order valence-corrected chi connectivity index (χ4v) is 1.44. The fraction of sp³-hybridized carbons (Fsp3) is 0.824. The molecule has 0 spiro atoms. The van der Waals surface area contributed by atoms with Gasteiger partial charge in [0.05, 0.1) is 7.11 Å². The first-order valence-electron chi connectivity index (χ1n) is 8.27. The second-order valence-corrected chi connectivity index (χ2v) is 6.79. The molecule has 2 N–H and O–H groups in total. The predicted molar refractivity (Wildman–Crippen MR) is 95.3 cm³/mol. The molecule has 0 aromatic heterocycles. The molecule has 0 bridgehead atoms. The van der Waals surface area contributed by atoms with Gasteiger partial charge >= 0.3 is 6.09 Å². The van der Waals surface area contributed by atoms with Gasteiger partial charge in [0.2, 0.25) is 0 Å². The number of carbonyl (C=O) groups excluding carboxylic acids is 3. The molecule has 0 fully saturated rings. The summed E-state index contributed by atoms with van der Waals surface area (Å²) in [6.07, 6.45) is 2.24. The van der Waals surface area contributed by atoms with Crippen molar-refractivity contribution in [1.82, 2.24) is 10.6 Å². The Labute approximate surface area is 151 Å². The summed E-state index contributed by atoms with van der Waals surface area (Å²) in [4.78, 5) is 32.0. The number of hydrogen-bond donors (Lipinski definition) is 2. The number of unbranched alkanes of at least 4 members (excludes halogenated alkanes) is 2.